The number of alkyl halides is 2. The molecule has 4 heteroatoms. The molecule has 2 atom stereocenters. The molecule has 1 aliphatic heterocycles. The molecule has 0 spiro atoms. The number of hydrogen-bond donors (Lipinski definition) is 1. The van der Waals surface area contributed by atoms with E-state index in [-0.39, 0.29) is 17.2 Å². The van der Waals surface area contributed by atoms with Crippen LogP contribution in [0.4, 0.5) is 4.39 Å². The molecule has 1 nitrogen and oxygen atoms in total. The third-order valence-corrected chi connectivity index (χ3v) is 3.05. The minimum Gasteiger partial charge on any atom is -0.315 e. The van der Waals surface area contributed by atoms with Crippen LogP contribution in [0, 0.1) is 0 Å². The molecule has 0 aromatic rings. The second-order valence-electron chi connectivity index (χ2n) is 2.70. The van der Waals surface area contributed by atoms with Gasteiger partial charge in [-0.2, -0.15) is 0 Å². The number of halogens is 3. The van der Waals surface area contributed by atoms with Crippen LogP contribution < -0.4 is 5.32 Å². The van der Waals surface area contributed by atoms with Crippen LogP contribution in [-0.4, -0.2) is 23.6 Å². The Bertz CT molecular complexity index is 110. The van der Waals surface area contributed by atoms with Gasteiger partial charge < -0.3 is 5.32 Å². The first kappa shape index (κ1) is 10.7. The molecule has 1 N–H and O–H groups in total. The Morgan fingerprint density at radius 1 is 1.70 bits per heavy atom. The molecule has 10 heavy (non-hydrogen) atoms. The Balaban J connectivity index is 0.000000810. The highest BCUT2D eigenvalue weighted by Crippen LogP contribution is 2.27. The maximum absolute atomic E-state index is 13.2. The van der Waals surface area contributed by atoms with E-state index in [0.29, 0.717) is 6.42 Å². The number of rotatable bonds is 0. The molecule has 1 saturated heterocycles. The fourth-order valence-corrected chi connectivity index (χ4v) is 1.39. The van der Waals surface area contributed by atoms with Crippen LogP contribution in [-0.2, 0) is 0 Å². The second kappa shape index (κ2) is 3.88. The number of piperidine rings is 1. The Morgan fingerprint density at radius 2 is 2.30 bits per heavy atom. The predicted octanol–water partition coefficient (Wildman–Crippen LogP) is 1.89. The Kier molecular flexibility index (Phi) is 4.14. The van der Waals surface area contributed by atoms with Crippen molar-refractivity contribution in [3.63, 3.8) is 0 Å². The molecular weight excluding hydrogens is 220 g/mol. The van der Waals surface area contributed by atoms with Crippen molar-refractivity contribution in [3.8, 4) is 0 Å². The van der Waals surface area contributed by atoms with Crippen LogP contribution in [0.25, 0.3) is 0 Å². The lowest BCUT2D eigenvalue weighted by Crippen LogP contribution is -2.46. The van der Waals surface area contributed by atoms with Gasteiger partial charge in [-0.15, -0.1) is 12.4 Å². The van der Waals surface area contributed by atoms with Crippen molar-refractivity contribution in [1.82, 2.24) is 5.32 Å². The average molecular weight is 233 g/mol. The standard InChI is InChI=1S/C6H11BrFN.ClH/c1-6(8)2-3-9-4-5(6)7;/h5,9H,2-4H2,1H3;1H/t5-,6-;/m1./s1. The minimum absolute atomic E-state index is 0. The summed E-state index contributed by atoms with van der Waals surface area (Å²) in [5.74, 6) is 0. The van der Waals surface area contributed by atoms with E-state index >= 15 is 0 Å². The molecular formula is C6H12BrClFN. The Hall–Kier alpha value is 0.660. The van der Waals surface area contributed by atoms with Gasteiger partial charge in [0.05, 0.1) is 4.83 Å². The molecule has 1 aliphatic rings. The minimum atomic E-state index is -1.01. The zero-order chi connectivity index (χ0) is 6.91. The van der Waals surface area contributed by atoms with Gasteiger partial charge in [0.1, 0.15) is 5.67 Å². The summed E-state index contributed by atoms with van der Waals surface area (Å²) < 4.78 is 13.2. The van der Waals surface area contributed by atoms with Crippen molar-refractivity contribution in [2.45, 2.75) is 23.8 Å². The molecule has 0 aliphatic carbocycles. The zero-order valence-corrected chi connectivity index (χ0v) is 8.27. The molecule has 0 aromatic carbocycles. The summed E-state index contributed by atoms with van der Waals surface area (Å²) in [5, 5.41) is 3.10. The molecule has 62 valence electrons. The van der Waals surface area contributed by atoms with Crippen LogP contribution in [0.2, 0.25) is 0 Å². The highest BCUT2D eigenvalue weighted by atomic mass is 79.9. The van der Waals surface area contributed by atoms with Crippen molar-refractivity contribution in [3.05, 3.63) is 0 Å². The lowest BCUT2D eigenvalue weighted by molar-refractivity contribution is 0.150. The Morgan fingerprint density at radius 3 is 2.60 bits per heavy atom. The van der Waals surface area contributed by atoms with E-state index in [9.17, 15) is 4.39 Å². The highest BCUT2D eigenvalue weighted by molar-refractivity contribution is 9.09. The van der Waals surface area contributed by atoms with Crippen LogP contribution in [0.5, 0.6) is 0 Å². The van der Waals surface area contributed by atoms with Crippen molar-refractivity contribution in [2.75, 3.05) is 13.1 Å². The molecule has 1 rings (SSSR count). The van der Waals surface area contributed by atoms with Gasteiger partial charge in [-0.25, -0.2) is 4.39 Å². The van der Waals surface area contributed by atoms with Crippen molar-refractivity contribution < 1.29 is 4.39 Å². The summed E-state index contributed by atoms with van der Waals surface area (Å²) in [4.78, 5) is -0.0150. The first-order valence-electron chi connectivity index (χ1n) is 3.16. The summed E-state index contributed by atoms with van der Waals surface area (Å²) in [6.07, 6.45) is 0.614. The van der Waals surface area contributed by atoms with E-state index in [1.807, 2.05) is 0 Å². The molecule has 1 heterocycles. The van der Waals surface area contributed by atoms with Crippen LogP contribution in [0.3, 0.4) is 0 Å². The molecule has 0 unspecified atom stereocenters. The van der Waals surface area contributed by atoms with Gasteiger partial charge in [0.25, 0.3) is 0 Å². The monoisotopic (exact) mass is 231 g/mol. The van der Waals surface area contributed by atoms with Crippen molar-refractivity contribution in [2.24, 2.45) is 0 Å². The summed E-state index contributed by atoms with van der Waals surface area (Å²) in [6.45, 7) is 3.19. The second-order valence-corrected chi connectivity index (χ2v) is 3.81. The van der Waals surface area contributed by atoms with Crippen molar-refractivity contribution >= 4 is 28.3 Å². The van der Waals surface area contributed by atoms with Crippen LogP contribution in [0.1, 0.15) is 13.3 Å². The smallest absolute Gasteiger partial charge is 0.123 e. The first-order chi connectivity index (χ1) is 4.13. The first-order valence-corrected chi connectivity index (χ1v) is 4.08. The lowest BCUT2D eigenvalue weighted by Gasteiger charge is -2.31. The SMILES string of the molecule is C[C@@]1(F)CCNC[C@H]1Br.Cl. The summed E-state index contributed by atoms with van der Waals surface area (Å²) in [5.41, 5.74) is -1.01. The van der Waals surface area contributed by atoms with E-state index in [2.05, 4.69) is 21.2 Å². The summed E-state index contributed by atoms with van der Waals surface area (Å²) in [6, 6.07) is 0. The van der Waals surface area contributed by atoms with Gasteiger partial charge in [-0.1, -0.05) is 15.9 Å². The molecule has 1 fully saturated rings. The normalized spacial score (nSPS) is 40.5. The largest absolute Gasteiger partial charge is 0.315 e. The molecule has 0 radical (unpaired) electrons. The van der Waals surface area contributed by atoms with Gasteiger partial charge in [0.2, 0.25) is 0 Å². The maximum Gasteiger partial charge on any atom is 0.123 e. The fourth-order valence-electron chi connectivity index (χ4n) is 0.931. The molecule has 0 aromatic heterocycles. The maximum atomic E-state index is 13.2. The fraction of sp³-hybridized carbons (Fsp3) is 1.00. The van der Waals surface area contributed by atoms with E-state index in [1.165, 1.54) is 0 Å². The molecule has 0 saturated carbocycles. The van der Waals surface area contributed by atoms with Crippen LogP contribution >= 0.6 is 28.3 Å². The van der Waals surface area contributed by atoms with E-state index in [0.717, 1.165) is 13.1 Å². The Labute approximate surface area is 75.3 Å². The zero-order valence-electron chi connectivity index (χ0n) is 5.86. The third-order valence-electron chi connectivity index (χ3n) is 1.77. The topological polar surface area (TPSA) is 12.0 Å². The third kappa shape index (κ3) is 2.36. The summed E-state index contributed by atoms with van der Waals surface area (Å²) >= 11 is 3.27. The van der Waals surface area contributed by atoms with Gasteiger partial charge in [-0.3, -0.25) is 0 Å². The molecule has 0 bridgehead atoms. The van der Waals surface area contributed by atoms with Crippen LogP contribution in [0.15, 0.2) is 0 Å². The number of nitrogens with one attached hydrogen (secondary N) is 1. The van der Waals surface area contributed by atoms with Gasteiger partial charge in [0, 0.05) is 6.54 Å². The van der Waals surface area contributed by atoms with Gasteiger partial charge in [-0.05, 0) is 19.9 Å². The molecule has 0 amide bonds. The van der Waals surface area contributed by atoms with E-state index < -0.39 is 5.67 Å². The van der Waals surface area contributed by atoms with Crippen molar-refractivity contribution in [1.29, 1.82) is 0 Å². The summed E-state index contributed by atoms with van der Waals surface area (Å²) in [7, 11) is 0. The van der Waals surface area contributed by atoms with E-state index in [1.54, 1.807) is 6.92 Å². The quantitative estimate of drug-likeness (QED) is 0.629. The van der Waals surface area contributed by atoms with Gasteiger partial charge in [0.15, 0.2) is 0 Å². The highest BCUT2D eigenvalue weighted by Gasteiger charge is 2.34. The lowest BCUT2D eigenvalue weighted by atomic mass is 9.97. The van der Waals surface area contributed by atoms with E-state index in [4.69, 9.17) is 0 Å². The van der Waals surface area contributed by atoms with Gasteiger partial charge >= 0.3 is 0 Å². The number of hydrogen-bond acceptors (Lipinski definition) is 1. The predicted molar refractivity (Wildman–Crippen MR) is 47.0 cm³/mol. The average Bonchev–Trinajstić information content (AvgIpc) is 1.77.